The molecular formula is C18H25N5O. The van der Waals surface area contributed by atoms with Crippen molar-refractivity contribution in [3.05, 3.63) is 41.5 Å². The molecule has 2 N–H and O–H groups in total. The van der Waals surface area contributed by atoms with Crippen molar-refractivity contribution in [3.8, 4) is 0 Å². The molecule has 1 aliphatic heterocycles. The molecule has 0 bridgehead atoms. The van der Waals surface area contributed by atoms with Crippen molar-refractivity contribution >= 4 is 5.91 Å². The van der Waals surface area contributed by atoms with Gasteiger partial charge in [-0.15, -0.1) is 0 Å². The zero-order chi connectivity index (χ0) is 16.4. The summed E-state index contributed by atoms with van der Waals surface area (Å²) in [7, 11) is 0. The van der Waals surface area contributed by atoms with Gasteiger partial charge >= 0.3 is 0 Å². The van der Waals surface area contributed by atoms with Gasteiger partial charge in [0, 0.05) is 25.3 Å². The van der Waals surface area contributed by atoms with E-state index in [1.54, 1.807) is 12.3 Å². The average molecular weight is 327 g/mol. The average Bonchev–Trinajstić information content (AvgIpc) is 3.29. The monoisotopic (exact) mass is 327 g/mol. The maximum atomic E-state index is 12.0. The van der Waals surface area contributed by atoms with E-state index in [2.05, 4.69) is 31.0 Å². The van der Waals surface area contributed by atoms with E-state index in [4.69, 9.17) is 0 Å². The van der Waals surface area contributed by atoms with Crippen molar-refractivity contribution in [2.24, 2.45) is 0 Å². The number of H-pyrrole nitrogens is 1. The number of rotatable bonds is 4. The van der Waals surface area contributed by atoms with Crippen molar-refractivity contribution < 1.29 is 4.79 Å². The smallest absolute Gasteiger partial charge is 0.268 e. The maximum absolute atomic E-state index is 12.0. The predicted molar refractivity (Wildman–Crippen MR) is 91.5 cm³/mol. The summed E-state index contributed by atoms with van der Waals surface area (Å²) in [6.07, 6.45) is 8.57. The molecule has 0 radical (unpaired) electrons. The molecule has 128 valence electrons. The molecule has 0 aromatic carbocycles. The SMILES string of the molecule is O=C(NCc1cc2n(n1)CCN(C1CCCCC1)C2)c1ccc[nH]1. The first-order valence-electron chi connectivity index (χ1n) is 9.01. The Morgan fingerprint density at radius 3 is 2.96 bits per heavy atom. The summed E-state index contributed by atoms with van der Waals surface area (Å²) in [4.78, 5) is 17.5. The number of fused-ring (bicyclic) bond motifs is 1. The Morgan fingerprint density at radius 2 is 2.17 bits per heavy atom. The van der Waals surface area contributed by atoms with Gasteiger partial charge in [-0.1, -0.05) is 19.3 Å². The molecule has 2 aromatic heterocycles. The van der Waals surface area contributed by atoms with Crippen molar-refractivity contribution in [1.82, 2.24) is 25.0 Å². The molecule has 4 rings (SSSR count). The second-order valence-electron chi connectivity index (χ2n) is 6.88. The van der Waals surface area contributed by atoms with Crippen molar-refractivity contribution in [2.45, 2.75) is 57.8 Å². The normalized spacial score (nSPS) is 19.2. The summed E-state index contributed by atoms with van der Waals surface area (Å²) in [6, 6.07) is 6.49. The Kier molecular flexibility index (Phi) is 4.38. The van der Waals surface area contributed by atoms with Crippen molar-refractivity contribution in [3.63, 3.8) is 0 Å². The number of hydrogen-bond donors (Lipinski definition) is 2. The van der Waals surface area contributed by atoms with Gasteiger partial charge in [0.05, 0.1) is 24.5 Å². The summed E-state index contributed by atoms with van der Waals surface area (Å²) in [5, 5.41) is 7.57. The third-order valence-corrected chi connectivity index (χ3v) is 5.24. The lowest BCUT2D eigenvalue weighted by atomic mass is 9.94. The third-order valence-electron chi connectivity index (χ3n) is 5.24. The summed E-state index contributed by atoms with van der Waals surface area (Å²) in [6.45, 7) is 3.51. The number of aromatic nitrogens is 3. The zero-order valence-corrected chi connectivity index (χ0v) is 14.0. The number of amides is 1. The summed E-state index contributed by atoms with van der Waals surface area (Å²) in [5.41, 5.74) is 2.80. The van der Waals surface area contributed by atoms with Gasteiger partial charge in [-0.3, -0.25) is 14.4 Å². The number of nitrogens with one attached hydrogen (secondary N) is 2. The minimum Gasteiger partial charge on any atom is -0.357 e. The highest BCUT2D eigenvalue weighted by Gasteiger charge is 2.25. The first kappa shape index (κ1) is 15.4. The lowest BCUT2D eigenvalue weighted by Crippen LogP contribution is -2.42. The first-order chi connectivity index (χ1) is 11.8. The van der Waals surface area contributed by atoms with E-state index >= 15 is 0 Å². The van der Waals surface area contributed by atoms with Gasteiger partial charge in [0.1, 0.15) is 5.69 Å². The lowest BCUT2D eigenvalue weighted by molar-refractivity contribution is 0.0946. The van der Waals surface area contributed by atoms with E-state index in [1.807, 2.05) is 6.07 Å². The largest absolute Gasteiger partial charge is 0.357 e. The van der Waals surface area contributed by atoms with Crippen LogP contribution in [0, 0.1) is 0 Å². The molecule has 0 atom stereocenters. The van der Waals surface area contributed by atoms with Gasteiger partial charge < -0.3 is 10.3 Å². The standard InChI is InChI=1S/C18H25N5O/c24-18(17-7-4-8-19-17)20-12-14-11-16-13-22(9-10-23(16)21-14)15-5-2-1-3-6-15/h4,7-8,11,15,19H,1-3,5-6,9-10,12-13H2,(H,20,24). The second-order valence-corrected chi connectivity index (χ2v) is 6.88. The molecule has 2 aliphatic rings. The predicted octanol–water partition coefficient (Wildman–Crippen LogP) is 2.29. The molecule has 6 heteroatoms. The Labute approximate surface area is 142 Å². The molecule has 0 unspecified atom stereocenters. The van der Waals surface area contributed by atoms with Crippen LogP contribution in [0.1, 0.15) is 54.0 Å². The molecular weight excluding hydrogens is 302 g/mol. The van der Waals surface area contributed by atoms with Crippen LogP contribution in [0.4, 0.5) is 0 Å². The van der Waals surface area contributed by atoms with Crippen LogP contribution in [0.2, 0.25) is 0 Å². The summed E-state index contributed by atoms with van der Waals surface area (Å²) < 4.78 is 2.11. The molecule has 24 heavy (non-hydrogen) atoms. The quantitative estimate of drug-likeness (QED) is 0.905. The fourth-order valence-electron chi connectivity index (χ4n) is 3.93. The number of carbonyl (C=O) groups excluding carboxylic acids is 1. The van der Waals surface area contributed by atoms with Crippen LogP contribution in [0.25, 0.3) is 0 Å². The molecule has 2 aromatic rings. The van der Waals surface area contributed by atoms with Crippen LogP contribution < -0.4 is 5.32 Å². The number of hydrogen-bond acceptors (Lipinski definition) is 3. The summed E-state index contributed by atoms with van der Waals surface area (Å²) >= 11 is 0. The van der Waals surface area contributed by atoms with Crippen LogP contribution in [0.5, 0.6) is 0 Å². The lowest BCUT2D eigenvalue weighted by Gasteiger charge is -2.36. The Bertz CT molecular complexity index is 684. The van der Waals surface area contributed by atoms with Crippen molar-refractivity contribution in [1.29, 1.82) is 0 Å². The number of aromatic amines is 1. The topological polar surface area (TPSA) is 66.0 Å². The molecule has 1 amide bonds. The molecule has 6 nitrogen and oxygen atoms in total. The second kappa shape index (κ2) is 6.81. The molecule has 0 saturated heterocycles. The highest BCUT2D eigenvalue weighted by molar-refractivity contribution is 5.92. The molecule has 0 spiro atoms. The Morgan fingerprint density at radius 1 is 1.29 bits per heavy atom. The van der Waals surface area contributed by atoms with E-state index in [0.717, 1.165) is 31.4 Å². The fraction of sp³-hybridized carbons (Fsp3) is 0.556. The van der Waals surface area contributed by atoms with Crippen LogP contribution in [0.15, 0.2) is 24.4 Å². The zero-order valence-electron chi connectivity index (χ0n) is 14.0. The van der Waals surface area contributed by atoms with Crippen LogP contribution in [-0.4, -0.2) is 38.2 Å². The third kappa shape index (κ3) is 3.24. The molecule has 1 aliphatic carbocycles. The van der Waals surface area contributed by atoms with Crippen LogP contribution >= 0.6 is 0 Å². The highest BCUT2D eigenvalue weighted by Crippen LogP contribution is 2.26. The van der Waals surface area contributed by atoms with Gasteiger partial charge in [0.15, 0.2) is 0 Å². The van der Waals surface area contributed by atoms with Gasteiger partial charge in [0.25, 0.3) is 5.91 Å². The molecule has 1 saturated carbocycles. The first-order valence-corrected chi connectivity index (χ1v) is 9.01. The van der Waals surface area contributed by atoms with Crippen LogP contribution in [-0.2, 0) is 19.6 Å². The van der Waals surface area contributed by atoms with E-state index in [1.165, 1.54) is 37.8 Å². The molecule has 1 fully saturated rings. The Balaban J connectivity index is 1.36. The van der Waals surface area contributed by atoms with E-state index in [0.29, 0.717) is 12.2 Å². The van der Waals surface area contributed by atoms with E-state index < -0.39 is 0 Å². The Hall–Kier alpha value is -2.08. The number of carbonyl (C=O) groups is 1. The van der Waals surface area contributed by atoms with Gasteiger partial charge in [-0.05, 0) is 31.0 Å². The van der Waals surface area contributed by atoms with E-state index in [-0.39, 0.29) is 5.91 Å². The summed E-state index contributed by atoms with van der Waals surface area (Å²) in [5.74, 6) is -0.0881. The minimum atomic E-state index is -0.0881. The maximum Gasteiger partial charge on any atom is 0.268 e. The van der Waals surface area contributed by atoms with Crippen LogP contribution in [0.3, 0.4) is 0 Å². The van der Waals surface area contributed by atoms with Gasteiger partial charge in [-0.2, -0.15) is 5.10 Å². The van der Waals surface area contributed by atoms with E-state index in [9.17, 15) is 4.79 Å². The molecule has 3 heterocycles. The van der Waals surface area contributed by atoms with Crippen molar-refractivity contribution in [2.75, 3.05) is 6.54 Å². The fourth-order valence-corrected chi connectivity index (χ4v) is 3.93. The van der Waals surface area contributed by atoms with Gasteiger partial charge in [0.2, 0.25) is 0 Å². The van der Waals surface area contributed by atoms with Gasteiger partial charge in [-0.25, -0.2) is 0 Å². The minimum absolute atomic E-state index is 0.0881. The number of nitrogens with zero attached hydrogens (tertiary/aromatic N) is 3. The highest BCUT2D eigenvalue weighted by atomic mass is 16.1.